The van der Waals surface area contributed by atoms with Crippen molar-refractivity contribution in [3.8, 4) is 0 Å². The van der Waals surface area contributed by atoms with E-state index in [9.17, 15) is 0 Å². The lowest BCUT2D eigenvalue weighted by Crippen LogP contribution is -3.00. The topological polar surface area (TPSA) is 0 Å². The van der Waals surface area contributed by atoms with E-state index in [4.69, 9.17) is 0 Å². The number of hydrogen-bond donors (Lipinski definition) is 0. The Morgan fingerprint density at radius 1 is 0.875 bits per heavy atom. The maximum atomic E-state index is 2.27. The molecule has 52 valence electrons. The third-order valence-corrected chi connectivity index (χ3v) is 3.67. The molecule has 0 aromatic carbocycles. The Morgan fingerprint density at radius 3 is 1.12 bits per heavy atom. The minimum atomic E-state index is 0. The number of halogens is 1. The average molecular weight is 155 g/mol. The minimum absolute atomic E-state index is 0. The van der Waals surface area contributed by atoms with Gasteiger partial charge in [0.15, 0.2) is 0 Å². The molecule has 0 heterocycles. The predicted molar refractivity (Wildman–Crippen MR) is 39.0 cm³/mol. The highest BCUT2D eigenvalue weighted by Gasteiger charge is 2.05. The van der Waals surface area contributed by atoms with E-state index in [-0.39, 0.29) is 12.4 Å². The van der Waals surface area contributed by atoms with Crippen molar-refractivity contribution in [2.75, 3.05) is 17.3 Å². The highest BCUT2D eigenvalue weighted by Crippen LogP contribution is 1.92. The van der Waals surface area contributed by atoms with Crippen LogP contribution < -0.4 is 12.4 Å². The van der Waals surface area contributed by atoms with Crippen LogP contribution in [0.4, 0.5) is 0 Å². The monoisotopic (exact) mass is 154 g/mol. The van der Waals surface area contributed by atoms with E-state index < -0.39 is 0 Å². The van der Waals surface area contributed by atoms with Crippen LogP contribution in [0.3, 0.4) is 0 Å². The molecule has 0 fully saturated rings. The fourth-order valence-electron chi connectivity index (χ4n) is 0.612. The second-order valence-corrected chi connectivity index (χ2v) is 4.44. The van der Waals surface area contributed by atoms with E-state index in [0.717, 1.165) is 10.9 Å². The van der Waals surface area contributed by atoms with Gasteiger partial charge in [-0.3, -0.25) is 0 Å². The Balaban J connectivity index is 0. The molecule has 0 N–H and O–H groups in total. The lowest BCUT2D eigenvalue weighted by atomic mass is 10.9. The van der Waals surface area contributed by atoms with E-state index in [0.29, 0.717) is 0 Å². The van der Waals surface area contributed by atoms with E-state index in [1.165, 1.54) is 17.3 Å². The Morgan fingerprint density at radius 2 is 1.12 bits per heavy atom. The largest absolute Gasteiger partial charge is 1.00 e. The van der Waals surface area contributed by atoms with Crippen LogP contribution in [0.5, 0.6) is 0 Å². The van der Waals surface area contributed by atoms with Crippen LogP contribution in [0.15, 0.2) is 0 Å². The van der Waals surface area contributed by atoms with Gasteiger partial charge in [-0.1, -0.05) is 0 Å². The fourth-order valence-corrected chi connectivity index (χ4v) is 1.84. The first-order valence-electron chi connectivity index (χ1n) is 2.99. The molecule has 0 unspecified atom stereocenters. The van der Waals surface area contributed by atoms with Crippen LogP contribution in [0, 0.1) is 0 Å². The van der Waals surface area contributed by atoms with Crippen molar-refractivity contribution in [2.45, 2.75) is 20.8 Å². The summed E-state index contributed by atoms with van der Waals surface area (Å²) in [5.41, 5.74) is 0. The zero-order valence-electron chi connectivity index (χ0n) is 5.91. The maximum absolute atomic E-state index is 2.27. The van der Waals surface area contributed by atoms with Crippen molar-refractivity contribution in [3.05, 3.63) is 0 Å². The zero-order chi connectivity index (χ0) is 5.70. The maximum Gasteiger partial charge on any atom is 0.105 e. The van der Waals surface area contributed by atoms with Gasteiger partial charge >= 0.3 is 0 Å². The van der Waals surface area contributed by atoms with Crippen LogP contribution in [-0.2, 0) is 10.9 Å². The van der Waals surface area contributed by atoms with Gasteiger partial charge in [-0.25, -0.2) is 0 Å². The normalized spacial score (nSPS) is 9.00. The molecule has 0 rings (SSSR count). The van der Waals surface area contributed by atoms with Gasteiger partial charge in [0.05, 0.1) is 0 Å². The van der Waals surface area contributed by atoms with Gasteiger partial charge < -0.3 is 12.4 Å². The lowest BCUT2D eigenvalue weighted by Gasteiger charge is -1.96. The second kappa shape index (κ2) is 7.64. The van der Waals surface area contributed by atoms with E-state index >= 15 is 0 Å². The van der Waals surface area contributed by atoms with Crippen molar-refractivity contribution in [1.29, 1.82) is 0 Å². The Hall–Kier alpha value is 0.640. The first-order valence-corrected chi connectivity index (χ1v) is 4.72. The fraction of sp³-hybridized carbons (Fsp3) is 1.00. The second-order valence-electron chi connectivity index (χ2n) is 1.48. The molecule has 0 aliphatic rings. The SMILES string of the molecule is CC[S+](CC)CC.[Cl-]. The summed E-state index contributed by atoms with van der Waals surface area (Å²) >= 11 is 0. The average Bonchev–Trinajstić information content (AvgIpc) is 1.72. The van der Waals surface area contributed by atoms with Crippen LogP contribution >= 0.6 is 0 Å². The summed E-state index contributed by atoms with van der Waals surface area (Å²) in [6.07, 6.45) is 0. The summed E-state index contributed by atoms with van der Waals surface area (Å²) < 4.78 is 0. The molecule has 0 aromatic rings. The first kappa shape index (κ1) is 11.4. The quantitative estimate of drug-likeness (QED) is 0.442. The van der Waals surface area contributed by atoms with Crippen molar-refractivity contribution >= 4 is 10.9 Å². The molecule has 0 spiro atoms. The third-order valence-electron chi connectivity index (χ3n) is 1.22. The Bertz CT molecular complexity index is 30.0. The highest BCUT2D eigenvalue weighted by atomic mass is 35.5. The molecule has 0 aromatic heterocycles. The molecule has 2 heteroatoms. The standard InChI is InChI=1S/C6H15S.ClH/c1-4-7(5-2)6-3;/h4-6H2,1-3H3;1H/q+1;/p-1. The first-order chi connectivity index (χ1) is 3.35. The smallest absolute Gasteiger partial charge is 0.105 e. The van der Waals surface area contributed by atoms with Crippen molar-refractivity contribution in [3.63, 3.8) is 0 Å². The molecule has 0 amide bonds. The van der Waals surface area contributed by atoms with Crippen LogP contribution in [0.2, 0.25) is 0 Å². The van der Waals surface area contributed by atoms with E-state index in [1.54, 1.807) is 0 Å². The van der Waals surface area contributed by atoms with Crippen LogP contribution in [0.25, 0.3) is 0 Å². The summed E-state index contributed by atoms with van der Waals surface area (Å²) in [5.74, 6) is 4.15. The van der Waals surface area contributed by atoms with Crippen LogP contribution in [0.1, 0.15) is 20.8 Å². The summed E-state index contributed by atoms with van der Waals surface area (Å²) in [5, 5.41) is 0. The lowest BCUT2D eigenvalue weighted by molar-refractivity contribution is -0.00000167. The Kier molecular flexibility index (Phi) is 10.9. The summed E-state index contributed by atoms with van der Waals surface area (Å²) in [7, 11) is 0.755. The molecular weight excluding hydrogens is 140 g/mol. The van der Waals surface area contributed by atoms with Crippen LogP contribution in [-0.4, -0.2) is 17.3 Å². The molecule has 0 nitrogen and oxygen atoms in total. The molecule has 0 saturated carbocycles. The van der Waals surface area contributed by atoms with Gasteiger partial charge in [0.2, 0.25) is 0 Å². The zero-order valence-corrected chi connectivity index (χ0v) is 7.48. The van der Waals surface area contributed by atoms with Gasteiger partial charge in [-0.05, 0) is 31.7 Å². The molecule has 0 radical (unpaired) electrons. The molecular formula is C6H15ClS. The van der Waals surface area contributed by atoms with E-state index in [2.05, 4.69) is 20.8 Å². The number of rotatable bonds is 3. The molecule has 0 bridgehead atoms. The third kappa shape index (κ3) is 4.79. The molecule has 8 heavy (non-hydrogen) atoms. The minimum Gasteiger partial charge on any atom is -1.00 e. The predicted octanol–water partition coefficient (Wildman–Crippen LogP) is -1.33. The molecule has 0 aliphatic heterocycles. The van der Waals surface area contributed by atoms with E-state index in [1.807, 2.05) is 0 Å². The summed E-state index contributed by atoms with van der Waals surface area (Å²) in [4.78, 5) is 0. The number of hydrogen-bond acceptors (Lipinski definition) is 0. The molecule has 0 saturated heterocycles. The van der Waals surface area contributed by atoms with Gasteiger partial charge in [-0.15, -0.1) is 0 Å². The summed E-state index contributed by atoms with van der Waals surface area (Å²) in [6.45, 7) is 6.82. The summed E-state index contributed by atoms with van der Waals surface area (Å²) in [6, 6.07) is 0. The van der Waals surface area contributed by atoms with Crippen molar-refractivity contribution in [2.24, 2.45) is 0 Å². The van der Waals surface area contributed by atoms with Gasteiger partial charge in [0, 0.05) is 0 Å². The Labute approximate surface area is 61.8 Å². The van der Waals surface area contributed by atoms with Crippen molar-refractivity contribution < 1.29 is 12.4 Å². The van der Waals surface area contributed by atoms with Crippen molar-refractivity contribution in [1.82, 2.24) is 0 Å². The highest BCUT2D eigenvalue weighted by molar-refractivity contribution is 7.96. The molecule has 0 aliphatic carbocycles. The van der Waals surface area contributed by atoms with Gasteiger partial charge in [0.25, 0.3) is 0 Å². The molecule has 0 atom stereocenters. The van der Waals surface area contributed by atoms with Gasteiger partial charge in [0.1, 0.15) is 17.3 Å². The van der Waals surface area contributed by atoms with Gasteiger partial charge in [-0.2, -0.15) is 0 Å².